The number of ether oxygens (including phenoxy) is 5. The highest BCUT2D eigenvalue weighted by Crippen LogP contribution is 2.48. The molecular weight excluding hydrogens is 695 g/mol. The third kappa shape index (κ3) is 7.24. The summed E-state index contributed by atoms with van der Waals surface area (Å²) >= 11 is 1.23. The lowest BCUT2D eigenvalue weighted by molar-refractivity contribution is -0.300. The predicted molar refractivity (Wildman–Crippen MR) is 201 cm³/mol. The first kappa shape index (κ1) is 37.8. The van der Waals surface area contributed by atoms with Gasteiger partial charge in [0, 0.05) is 24.7 Å². The monoisotopic (exact) mass is 745 g/mol. The van der Waals surface area contributed by atoms with E-state index in [1.165, 1.54) is 11.3 Å². The van der Waals surface area contributed by atoms with E-state index in [9.17, 15) is 19.8 Å². The Kier molecular flexibility index (Phi) is 10.7. The third-order valence-corrected chi connectivity index (χ3v) is 12.7. The van der Waals surface area contributed by atoms with E-state index in [0.717, 1.165) is 16.7 Å². The molecule has 10 nitrogen and oxygen atoms in total. The fourth-order valence-corrected chi connectivity index (χ4v) is 9.26. The van der Waals surface area contributed by atoms with E-state index in [1.807, 2.05) is 56.3 Å². The highest BCUT2D eigenvalue weighted by Gasteiger charge is 2.61. The number of benzene rings is 1. The SMILES string of the molecule is CC[C@H](C)[C@H]1O[C@]2(C=C[C@@H]1C)C[C@@H]1C[C@@H](C/C=C(\C)[C@@H](O)[C@@H](C)/C=C/C=C3\CO[C@@H]4[C@H](OC(=O)c5nc6ccccc6s5)C(C)=C[C@@H](C(=O)O1)[C@]34O)O2. The molecule has 2 fully saturated rings. The Hall–Kier alpha value is -3.45. The molecule has 2 aromatic rings. The van der Waals surface area contributed by atoms with Gasteiger partial charge in [-0.15, -0.1) is 11.3 Å². The van der Waals surface area contributed by atoms with Gasteiger partial charge in [0.25, 0.3) is 0 Å². The summed E-state index contributed by atoms with van der Waals surface area (Å²) in [6.45, 7) is 12.0. The molecule has 2 saturated heterocycles. The zero-order valence-corrected chi connectivity index (χ0v) is 32.1. The molecule has 1 spiro atoms. The molecule has 0 amide bonds. The van der Waals surface area contributed by atoms with Gasteiger partial charge in [0.05, 0.1) is 35.1 Å². The lowest BCUT2D eigenvalue weighted by Crippen LogP contribution is -2.59. The number of thiazole rings is 1. The number of rotatable bonds is 4. The van der Waals surface area contributed by atoms with Crippen molar-refractivity contribution in [2.45, 2.75) is 115 Å². The minimum absolute atomic E-state index is 0.00225. The summed E-state index contributed by atoms with van der Waals surface area (Å²) in [5.74, 6) is -3.30. The van der Waals surface area contributed by atoms with Gasteiger partial charge >= 0.3 is 11.9 Å². The second-order valence-corrected chi connectivity index (χ2v) is 16.6. The first-order valence-corrected chi connectivity index (χ1v) is 19.7. The van der Waals surface area contributed by atoms with E-state index in [2.05, 4.69) is 31.8 Å². The number of allylic oxidation sites excluding steroid dienone is 2. The van der Waals surface area contributed by atoms with Gasteiger partial charge in [-0.3, -0.25) is 4.79 Å². The molecule has 11 heteroatoms. The van der Waals surface area contributed by atoms with Gasteiger partial charge in [0.1, 0.15) is 23.7 Å². The maximum Gasteiger partial charge on any atom is 0.368 e. The van der Waals surface area contributed by atoms with Gasteiger partial charge < -0.3 is 33.9 Å². The number of fused-ring (bicyclic) bond motifs is 3. The normalized spacial score (nSPS) is 40.6. The molecule has 0 saturated carbocycles. The summed E-state index contributed by atoms with van der Waals surface area (Å²) in [5, 5.41) is 24.2. The molecule has 53 heavy (non-hydrogen) atoms. The summed E-state index contributed by atoms with van der Waals surface area (Å²) in [4.78, 5) is 32.4. The fourth-order valence-electron chi connectivity index (χ4n) is 8.42. The fraction of sp³-hybridized carbons (Fsp3) is 0.548. The van der Waals surface area contributed by atoms with Crippen LogP contribution in [0.2, 0.25) is 0 Å². The van der Waals surface area contributed by atoms with Crippen molar-refractivity contribution < 1.29 is 43.5 Å². The first-order valence-electron chi connectivity index (χ1n) is 18.9. The van der Waals surface area contributed by atoms with Crippen LogP contribution in [0.25, 0.3) is 10.2 Å². The molecule has 2 N–H and O–H groups in total. The molecular formula is C42H51NO9S. The van der Waals surface area contributed by atoms with Crippen LogP contribution >= 0.6 is 11.3 Å². The van der Waals surface area contributed by atoms with Crippen molar-refractivity contribution in [3.05, 3.63) is 88.5 Å². The van der Waals surface area contributed by atoms with Crippen LogP contribution in [-0.4, -0.2) is 81.8 Å². The van der Waals surface area contributed by atoms with Gasteiger partial charge in [0.15, 0.2) is 11.9 Å². The summed E-state index contributed by atoms with van der Waals surface area (Å²) in [7, 11) is 0. The minimum Gasteiger partial charge on any atom is -0.462 e. The molecule has 1 aromatic carbocycles. The molecule has 2 bridgehead atoms. The molecule has 4 aliphatic heterocycles. The molecule has 12 atom stereocenters. The molecule has 1 aliphatic carbocycles. The number of aromatic nitrogens is 1. The number of hydrogen-bond acceptors (Lipinski definition) is 11. The van der Waals surface area contributed by atoms with Gasteiger partial charge in [-0.1, -0.05) is 82.7 Å². The average molecular weight is 746 g/mol. The van der Waals surface area contributed by atoms with Crippen molar-refractivity contribution in [1.82, 2.24) is 4.98 Å². The number of nitrogens with zero attached hydrogens (tertiary/aromatic N) is 1. The zero-order chi connectivity index (χ0) is 37.7. The first-order chi connectivity index (χ1) is 25.3. The quantitative estimate of drug-likeness (QED) is 0.255. The molecule has 0 radical (unpaired) electrons. The topological polar surface area (TPSA) is 134 Å². The number of para-hydroxylation sites is 1. The second-order valence-electron chi connectivity index (χ2n) is 15.6. The van der Waals surface area contributed by atoms with Gasteiger partial charge in [-0.05, 0) is 61.1 Å². The molecule has 1 aromatic heterocycles. The smallest absolute Gasteiger partial charge is 0.368 e. The summed E-state index contributed by atoms with van der Waals surface area (Å²) in [6, 6.07) is 7.46. The summed E-state index contributed by atoms with van der Waals surface area (Å²) < 4.78 is 33.0. The Labute approximate surface area is 315 Å². The van der Waals surface area contributed by atoms with Crippen LogP contribution in [0.3, 0.4) is 0 Å². The van der Waals surface area contributed by atoms with Crippen LogP contribution in [0.1, 0.15) is 77.0 Å². The Morgan fingerprint density at radius 1 is 1.11 bits per heavy atom. The van der Waals surface area contributed by atoms with Crippen LogP contribution in [-0.2, 0) is 28.5 Å². The highest BCUT2D eigenvalue weighted by molar-refractivity contribution is 7.20. The van der Waals surface area contributed by atoms with Crippen LogP contribution in [0.5, 0.6) is 0 Å². The number of aliphatic hydroxyl groups excluding tert-OH is 1. The van der Waals surface area contributed by atoms with Crippen LogP contribution in [0.15, 0.2) is 83.5 Å². The van der Waals surface area contributed by atoms with E-state index < -0.39 is 53.7 Å². The van der Waals surface area contributed by atoms with Crippen molar-refractivity contribution in [2.75, 3.05) is 6.61 Å². The third-order valence-electron chi connectivity index (χ3n) is 11.7. The maximum atomic E-state index is 14.5. The Morgan fingerprint density at radius 2 is 1.91 bits per heavy atom. The minimum atomic E-state index is -1.89. The lowest BCUT2D eigenvalue weighted by Gasteiger charge is -2.48. The predicted octanol–water partition coefficient (Wildman–Crippen LogP) is 6.78. The van der Waals surface area contributed by atoms with Crippen molar-refractivity contribution in [3.8, 4) is 0 Å². The molecule has 0 unspecified atom stereocenters. The largest absolute Gasteiger partial charge is 0.462 e. The standard InChI is InChI=1S/C42H51NO9S/c1-7-23(2)35-26(5)17-18-41(52-35)21-30-20-29(51-41)16-15-25(4)34(44)24(3)11-10-12-28-22-48-37-36(27(6)19-31(39(45)49-30)42(28,37)47)50-40(46)38-43-32-13-8-9-14-33(32)53-38/h8-15,17-19,23-24,26,29-31,34-37,44,47H,7,16,20-22H2,1-6H3/b11-10+,25-15+,28-12+/t23-,24-,26-,29+,30-,31-,34-,35+,36+,37+,41+,42+/m0/s1. The average Bonchev–Trinajstić information content (AvgIpc) is 3.73. The van der Waals surface area contributed by atoms with E-state index in [1.54, 1.807) is 25.2 Å². The number of esters is 2. The van der Waals surface area contributed by atoms with Crippen molar-refractivity contribution >= 4 is 33.5 Å². The number of aliphatic hydroxyl groups is 2. The molecule has 7 rings (SSSR count). The number of hydrogen-bond donors (Lipinski definition) is 2. The number of carbonyl (C=O) groups excluding carboxylic acids is 2. The molecule has 5 aliphatic rings. The van der Waals surface area contributed by atoms with Gasteiger partial charge in [-0.2, -0.15) is 0 Å². The van der Waals surface area contributed by atoms with E-state index in [4.69, 9.17) is 23.7 Å². The molecule has 284 valence electrons. The van der Waals surface area contributed by atoms with Crippen molar-refractivity contribution in [2.24, 2.45) is 23.7 Å². The van der Waals surface area contributed by atoms with Gasteiger partial charge in [0.2, 0.25) is 5.01 Å². The van der Waals surface area contributed by atoms with E-state index in [-0.39, 0.29) is 48.0 Å². The maximum absolute atomic E-state index is 14.5. The van der Waals surface area contributed by atoms with E-state index in [0.29, 0.717) is 29.5 Å². The van der Waals surface area contributed by atoms with E-state index >= 15 is 0 Å². The Bertz CT molecular complexity index is 1840. The van der Waals surface area contributed by atoms with Crippen molar-refractivity contribution in [1.29, 1.82) is 0 Å². The molecule has 5 heterocycles. The second kappa shape index (κ2) is 15.0. The Morgan fingerprint density at radius 3 is 2.68 bits per heavy atom. The number of carbonyl (C=O) groups is 2. The Balaban J connectivity index is 1.24. The lowest BCUT2D eigenvalue weighted by atomic mass is 9.70. The van der Waals surface area contributed by atoms with Gasteiger partial charge in [-0.25, -0.2) is 9.78 Å². The zero-order valence-electron chi connectivity index (χ0n) is 31.3. The van der Waals surface area contributed by atoms with Crippen molar-refractivity contribution in [3.63, 3.8) is 0 Å². The van der Waals surface area contributed by atoms with Crippen LogP contribution in [0, 0.1) is 23.7 Å². The summed E-state index contributed by atoms with van der Waals surface area (Å²) in [5.41, 5.74) is 0.601. The van der Waals surface area contributed by atoms with Crippen LogP contribution < -0.4 is 0 Å². The highest BCUT2D eigenvalue weighted by atomic mass is 32.1. The van der Waals surface area contributed by atoms with Crippen LogP contribution in [0.4, 0.5) is 0 Å². The summed E-state index contributed by atoms with van der Waals surface area (Å²) in [6.07, 6.45) is 11.3.